The van der Waals surface area contributed by atoms with Gasteiger partial charge in [0.15, 0.2) is 10.2 Å². The van der Waals surface area contributed by atoms with E-state index < -0.39 is 0 Å². The Balaban J connectivity index is 1.79. The molecular weight excluding hydrogens is 294 g/mol. The van der Waals surface area contributed by atoms with E-state index in [0.717, 1.165) is 15.3 Å². The Bertz CT molecular complexity index is 580. The number of anilines is 1. The number of fused-ring (bicyclic) bond motifs is 1. The maximum absolute atomic E-state index is 11.6. The van der Waals surface area contributed by atoms with Crippen molar-refractivity contribution in [1.29, 1.82) is 0 Å². The summed E-state index contributed by atoms with van der Waals surface area (Å²) in [5, 5.41) is 6.96. The highest BCUT2D eigenvalue weighted by Crippen LogP contribution is 2.24. The van der Waals surface area contributed by atoms with Crippen LogP contribution in [0.4, 0.5) is 5.13 Å². The van der Waals surface area contributed by atoms with Crippen LogP contribution in [0.5, 0.6) is 0 Å². The first kappa shape index (κ1) is 14.5. The highest BCUT2D eigenvalue weighted by atomic mass is 32.1. The van der Waals surface area contributed by atoms with Crippen molar-refractivity contribution in [2.24, 2.45) is 0 Å². The number of carbonyl (C=O) groups is 1. The van der Waals surface area contributed by atoms with E-state index in [2.05, 4.69) is 26.5 Å². The van der Waals surface area contributed by atoms with Crippen LogP contribution in [0.3, 0.4) is 0 Å². The zero-order valence-corrected chi connectivity index (χ0v) is 12.5. The summed E-state index contributed by atoms with van der Waals surface area (Å²) >= 11 is 6.44. The summed E-state index contributed by atoms with van der Waals surface area (Å²) in [4.78, 5) is 16.0. The minimum atomic E-state index is -0.218. The molecule has 2 aromatic rings. The number of hydrazine groups is 1. The standard InChI is InChI=1S/C12H15N5OS2/c1-2-13-11(19)17-16-10(18)7-14-12-15-8-5-3-4-6-9(8)20-12/h3-6H,2,7H2,1H3,(H,14,15)(H,16,18)(H2,13,17,19). The predicted molar refractivity (Wildman–Crippen MR) is 85.7 cm³/mol. The number of amides is 1. The molecule has 0 fully saturated rings. The third kappa shape index (κ3) is 4.04. The predicted octanol–water partition coefficient (Wildman–Crippen LogP) is 1.22. The van der Waals surface area contributed by atoms with Crippen LogP contribution >= 0.6 is 23.6 Å². The molecule has 1 amide bonds. The van der Waals surface area contributed by atoms with Gasteiger partial charge in [-0.15, -0.1) is 0 Å². The van der Waals surface area contributed by atoms with Crippen molar-refractivity contribution >= 4 is 49.9 Å². The van der Waals surface area contributed by atoms with Crippen molar-refractivity contribution in [3.05, 3.63) is 24.3 Å². The van der Waals surface area contributed by atoms with E-state index in [1.165, 1.54) is 11.3 Å². The monoisotopic (exact) mass is 309 g/mol. The number of thiazole rings is 1. The Morgan fingerprint density at radius 1 is 1.35 bits per heavy atom. The van der Waals surface area contributed by atoms with Gasteiger partial charge in [-0.25, -0.2) is 4.98 Å². The van der Waals surface area contributed by atoms with E-state index in [1.807, 2.05) is 31.2 Å². The van der Waals surface area contributed by atoms with E-state index in [-0.39, 0.29) is 12.5 Å². The molecule has 0 saturated heterocycles. The fraction of sp³-hybridized carbons (Fsp3) is 0.250. The van der Waals surface area contributed by atoms with Crippen LogP contribution in [0.2, 0.25) is 0 Å². The van der Waals surface area contributed by atoms with Gasteiger partial charge in [0.1, 0.15) is 0 Å². The number of nitrogens with zero attached hydrogens (tertiary/aromatic N) is 1. The molecule has 0 spiro atoms. The average Bonchev–Trinajstić information content (AvgIpc) is 2.86. The van der Waals surface area contributed by atoms with Crippen LogP contribution in [0, 0.1) is 0 Å². The number of aromatic nitrogens is 1. The SMILES string of the molecule is CCNC(=S)NNC(=O)CNc1nc2ccccc2s1. The van der Waals surface area contributed by atoms with Crippen LogP contribution in [0.25, 0.3) is 10.2 Å². The number of nitrogens with one attached hydrogen (secondary N) is 4. The van der Waals surface area contributed by atoms with Gasteiger partial charge in [-0.1, -0.05) is 23.5 Å². The van der Waals surface area contributed by atoms with Crippen molar-refractivity contribution in [2.45, 2.75) is 6.92 Å². The van der Waals surface area contributed by atoms with Gasteiger partial charge in [0.05, 0.1) is 16.8 Å². The molecule has 6 nitrogen and oxygen atoms in total. The second kappa shape index (κ2) is 7.01. The Morgan fingerprint density at radius 2 is 2.15 bits per heavy atom. The Hall–Kier alpha value is -1.93. The first-order valence-corrected chi connectivity index (χ1v) is 7.33. The van der Waals surface area contributed by atoms with E-state index in [9.17, 15) is 4.79 Å². The molecule has 0 aliphatic carbocycles. The van der Waals surface area contributed by atoms with Crippen LogP contribution < -0.4 is 21.5 Å². The third-order valence-corrected chi connectivity index (χ3v) is 3.59. The summed E-state index contributed by atoms with van der Waals surface area (Å²) in [6.45, 7) is 2.75. The van der Waals surface area contributed by atoms with Gasteiger partial charge in [-0.3, -0.25) is 15.6 Å². The minimum Gasteiger partial charge on any atom is -0.362 e. The van der Waals surface area contributed by atoms with Crippen LogP contribution in [-0.4, -0.2) is 29.1 Å². The lowest BCUT2D eigenvalue weighted by Gasteiger charge is -2.10. The molecule has 2 rings (SSSR count). The number of hydrogen-bond acceptors (Lipinski definition) is 5. The molecule has 1 heterocycles. The van der Waals surface area contributed by atoms with Gasteiger partial charge in [-0.2, -0.15) is 0 Å². The molecule has 0 unspecified atom stereocenters. The van der Waals surface area contributed by atoms with Gasteiger partial charge in [0, 0.05) is 6.54 Å². The maximum atomic E-state index is 11.6. The minimum absolute atomic E-state index is 0.127. The Morgan fingerprint density at radius 3 is 2.90 bits per heavy atom. The zero-order valence-electron chi connectivity index (χ0n) is 10.9. The maximum Gasteiger partial charge on any atom is 0.257 e. The summed E-state index contributed by atoms with van der Waals surface area (Å²) in [5.41, 5.74) is 6.03. The third-order valence-electron chi connectivity index (χ3n) is 2.35. The highest BCUT2D eigenvalue weighted by molar-refractivity contribution is 7.80. The molecule has 8 heteroatoms. The number of hydrogen-bond donors (Lipinski definition) is 4. The lowest BCUT2D eigenvalue weighted by atomic mass is 10.3. The summed E-state index contributed by atoms with van der Waals surface area (Å²) in [6.07, 6.45) is 0. The van der Waals surface area contributed by atoms with Crippen molar-refractivity contribution in [3.63, 3.8) is 0 Å². The number of rotatable bonds is 4. The average molecular weight is 309 g/mol. The van der Waals surface area contributed by atoms with Crippen molar-refractivity contribution < 1.29 is 4.79 Å². The van der Waals surface area contributed by atoms with Gasteiger partial charge in [-0.05, 0) is 31.3 Å². The highest BCUT2D eigenvalue weighted by Gasteiger charge is 2.05. The molecular formula is C12H15N5OS2. The lowest BCUT2D eigenvalue weighted by Crippen LogP contribution is -2.48. The van der Waals surface area contributed by atoms with Crippen LogP contribution in [0.1, 0.15) is 6.92 Å². The fourth-order valence-corrected chi connectivity index (χ4v) is 2.54. The quantitative estimate of drug-likeness (QED) is 0.502. The zero-order chi connectivity index (χ0) is 14.4. The summed E-state index contributed by atoms with van der Waals surface area (Å²) in [6, 6.07) is 7.83. The topological polar surface area (TPSA) is 78.1 Å². The number of carbonyl (C=O) groups excluding carboxylic acids is 1. The molecule has 0 aliphatic rings. The second-order valence-electron chi connectivity index (χ2n) is 3.87. The molecule has 0 bridgehead atoms. The number of para-hydroxylation sites is 1. The van der Waals surface area contributed by atoms with Gasteiger partial charge >= 0.3 is 0 Å². The second-order valence-corrected chi connectivity index (χ2v) is 5.31. The summed E-state index contributed by atoms with van der Waals surface area (Å²) < 4.78 is 1.09. The fourth-order valence-electron chi connectivity index (χ4n) is 1.48. The summed E-state index contributed by atoms with van der Waals surface area (Å²) in [7, 11) is 0. The lowest BCUT2D eigenvalue weighted by molar-refractivity contribution is -0.119. The van der Waals surface area contributed by atoms with Gasteiger partial charge in [0.2, 0.25) is 0 Å². The van der Waals surface area contributed by atoms with Crippen LogP contribution in [0.15, 0.2) is 24.3 Å². The number of thiocarbonyl (C=S) groups is 1. The van der Waals surface area contributed by atoms with Crippen molar-refractivity contribution in [3.8, 4) is 0 Å². The summed E-state index contributed by atoms with van der Waals surface area (Å²) in [5.74, 6) is -0.218. The normalized spacial score (nSPS) is 10.1. The molecule has 1 aromatic heterocycles. The molecule has 106 valence electrons. The molecule has 0 saturated carbocycles. The number of benzene rings is 1. The Kier molecular flexibility index (Phi) is 5.08. The van der Waals surface area contributed by atoms with E-state index >= 15 is 0 Å². The van der Waals surface area contributed by atoms with Gasteiger partial charge in [0.25, 0.3) is 5.91 Å². The molecule has 4 N–H and O–H groups in total. The van der Waals surface area contributed by atoms with Crippen molar-refractivity contribution in [1.82, 2.24) is 21.2 Å². The molecule has 1 aromatic carbocycles. The molecule has 0 radical (unpaired) electrons. The molecule has 20 heavy (non-hydrogen) atoms. The first-order valence-electron chi connectivity index (χ1n) is 6.11. The smallest absolute Gasteiger partial charge is 0.257 e. The van der Waals surface area contributed by atoms with Crippen LogP contribution in [-0.2, 0) is 4.79 Å². The van der Waals surface area contributed by atoms with Crippen molar-refractivity contribution in [2.75, 3.05) is 18.4 Å². The first-order chi connectivity index (χ1) is 9.69. The van der Waals surface area contributed by atoms with E-state index in [4.69, 9.17) is 12.2 Å². The van der Waals surface area contributed by atoms with E-state index in [1.54, 1.807) is 0 Å². The molecule has 0 aliphatic heterocycles. The molecule has 0 atom stereocenters. The van der Waals surface area contributed by atoms with Gasteiger partial charge < -0.3 is 10.6 Å². The van der Waals surface area contributed by atoms with E-state index in [0.29, 0.717) is 11.7 Å². The Labute approximate surface area is 125 Å². The largest absolute Gasteiger partial charge is 0.362 e.